The molecule has 0 spiro atoms. The van der Waals surface area contributed by atoms with Crippen LogP contribution in [0.25, 0.3) is 63.6 Å². The Morgan fingerprint density at radius 2 is 1.00 bits per heavy atom. The van der Waals surface area contributed by atoms with Gasteiger partial charge < -0.3 is 4.90 Å². The number of thiophene rings is 1. The van der Waals surface area contributed by atoms with Crippen LogP contribution in [0.4, 0.5) is 17.1 Å². The van der Waals surface area contributed by atoms with Gasteiger partial charge in [0.1, 0.15) is 0 Å². The standard InChI is InChI=1S/C42H27NS/c1-2-11-32(12-3-1)43(34-23-20-29-25-40-38-16-8-9-17-41(38)44-42(40)27-31(29)24-34)33-21-18-28(19-22-33)39-26-30-10-4-5-13-35(30)36-14-6-7-15-37(36)39/h1-27H. The molecule has 1 nitrogen and oxygen atoms in total. The number of hydrogen-bond donors (Lipinski definition) is 0. The summed E-state index contributed by atoms with van der Waals surface area (Å²) in [5, 5.41) is 10.3. The van der Waals surface area contributed by atoms with Crippen LogP contribution in [-0.2, 0) is 0 Å². The SMILES string of the molecule is c1ccc(N(c2ccc(-c3cc4ccccc4c4ccccc34)cc2)c2ccc3cc4c(cc3c2)sc2ccccc24)cc1. The van der Waals surface area contributed by atoms with Crippen molar-refractivity contribution in [3.8, 4) is 11.1 Å². The Morgan fingerprint density at radius 1 is 0.341 bits per heavy atom. The number of anilines is 3. The first kappa shape index (κ1) is 25.1. The summed E-state index contributed by atoms with van der Waals surface area (Å²) in [4.78, 5) is 2.36. The highest BCUT2D eigenvalue weighted by Gasteiger charge is 2.15. The van der Waals surface area contributed by atoms with E-state index >= 15 is 0 Å². The maximum Gasteiger partial charge on any atom is 0.0468 e. The highest BCUT2D eigenvalue weighted by Crippen LogP contribution is 2.41. The molecule has 0 fully saturated rings. The molecule has 0 amide bonds. The fourth-order valence-electron chi connectivity index (χ4n) is 6.70. The lowest BCUT2D eigenvalue weighted by Crippen LogP contribution is -2.09. The third-order valence-corrected chi connectivity index (χ3v) is 9.93. The van der Waals surface area contributed by atoms with Crippen molar-refractivity contribution >= 4 is 80.9 Å². The lowest BCUT2D eigenvalue weighted by Gasteiger charge is -2.26. The number of nitrogens with zero attached hydrogens (tertiary/aromatic N) is 1. The molecule has 0 bridgehead atoms. The molecule has 0 aliphatic rings. The lowest BCUT2D eigenvalue weighted by molar-refractivity contribution is 1.29. The molecule has 8 aromatic carbocycles. The van der Waals surface area contributed by atoms with Crippen molar-refractivity contribution in [1.29, 1.82) is 0 Å². The van der Waals surface area contributed by atoms with Crippen LogP contribution in [0.1, 0.15) is 0 Å². The topological polar surface area (TPSA) is 3.24 Å². The van der Waals surface area contributed by atoms with Gasteiger partial charge in [-0.15, -0.1) is 11.3 Å². The number of rotatable bonds is 4. The third kappa shape index (κ3) is 4.07. The molecule has 0 saturated heterocycles. The van der Waals surface area contributed by atoms with Gasteiger partial charge in [0.05, 0.1) is 0 Å². The van der Waals surface area contributed by atoms with Crippen LogP contribution in [0, 0.1) is 0 Å². The molecule has 0 saturated carbocycles. The average molecular weight is 578 g/mol. The largest absolute Gasteiger partial charge is 0.310 e. The summed E-state index contributed by atoms with van der Waals surface area (Å²) in [6, 6.07) is 59.7. The molecule has 0 radical (unpaired) electrons. The number of benzene rings is 8. The van der Waals surface area contributed by atoms with Gasteiger partial charge in [-0.2, -0.15) is 0 Å². The average Bonchev–Trinajstić information content (AvgIpc) is 3.45. The number of fused-ring (bicyclic) bond motifs is 7. The second-order valence-electron chi connectivity index (χ2n) is 11.4. The van der Waals surface area contributed by atoms with Crippen molar-refractivity contribution in [2.24, 2.45) is 0 Å². The Bertz CT molecular complexity index is 2490. The van der Waals surface area contributed by atoms with E-state index in [1.165, 1.54) is 63.6 Å². The summed E-state index contributed by atoms with van der Waals surface area (Å²) < 4.78 is 2.66. The van der Waals surface area contributed by atoms with Crippen LogP contribution in [0.3, 0.4) is 0 Å². The minimum atomic E-state index is 1.13. The summed E-state index contributed by atoms with van der Waals surface area (Å²) >= 11 is 1.87. The van der Waals surface area contributed by atoms with E-state index in [2.05, 4.69) is 169 Å². The zero-order valence-electron chi connectivity index (χ0n) is 23.9. The maximum atomic E-state index is 2.36. The van der Waals surface area contributed by atoms with Crippen molar-refractivity contribution in [2.45, 2.75) is 0 Å². The fourth-order valence-corrected chi connectivity index (χ4v) is 7.84. The van der Waals surface area contributed by atoms with Crippen LogP contribution >= 0.6 is 11.3 Å². The minimum Gasteiger partial charge on any atom is -0.310 e. The molecule has 1 aromatic heterocycles. The first-order valence-electron chi connectivity index (χ1n) is 15.0. The monoisotopic (exact) mass is 577 g/mol. The lowest BCUT2D eigenvalue weighted by atomic mass is 9.93. The van der Waals surface area contributed by atoms with Gasteiger partial charge in [-0.05, 0) is 104 Å². The highest BCUT2D eigenvalue weighted by molar-refractivity contribution is 7.25. The van der Waals surface area contributed by atoms with E-state index in [-0.39, 0.29) is 0 Å². The van der Waals surface area contributed by atoms with Gasteiger partial charge in [0, 0.05) is 37.2 Å². The molecule has 1 heterocycles. The molecule has 0 aliphatic heterocycles. The fraction of sp³-hybridized carbons (Fsp3) is 0. The molecular formula is C42H27NS. The summed E-state index contributed by atoms with van der Waals surface area (Å²) in [6.45, 7) is 0. The van der Waals surface area contributed by atoms with Gasteiger partial charge in [-0.1, -0.05) is 103 Å². The van der Waals surface area contributed by atoms with Crippen molar-refractivity contribution in [1.82, 2.24) is 0 Å². The molecule has 0 unspecified atom stereocenters. The molecule has 0 atom stereocenters. The summed E-state index contributed by atoms with van der Waals surface area (Å²) in [5.74, 6) is 0. The quantitative estimate of drug-likeness (QED) is 0.188. The van der Waals surface area contributed by atoms with Crippen molar-refractivity contribution in [3.63, 3.8) is 0 Å². The maximum absolute atomic E-state index is 2.36. The Balaban J connectivity index is 1.18. The molecule has 2 heteroatoms. The molecule has 9 rings (SSSR count). The van der Waals surface area contributed by atoms with E-state index in [9.17, 15) is 0 Å². The molecule has 0 aliphatic carbocycles. The van der Waals surface area contributed by atoms with Crippen LogP contribution in [-0.4, -0.2) is 0 Å². The van der Waals surface area contributed by atoms with Crippen LogP contribution in [0.5, 0.6) is 0 Å². The Labute approximate surface area is 259 Å². The van der Waals surface area contributed by atoms with Gasteiger partial charge in [-0.3, -0.25) is 0 Å². The van der Waals surface area contributed by atoms with Crippen LogP contribution in [0.15, 0.2) is 164 Å². The van der Waals surface area contributed by atoms with Crippen LogP contribution in [0.2, 0.25) is 0 Å². The summed E-state index contributed by atoms with van der Waals surface area (Å²) in [7, 11) is 0. The Kier molecular flexibility index (Phi) is 5.75. The van der Waals surface area contributed by atoms with Gasteiger partial charge in [0.25, 0.3) is 0 Å². The third-order valence-electron chi connectivity index (χ3n) is 8.80. The summed E-state index contributed by atoms with van der Waals surface area (Å²) in [5.41, 5.74) is 5.89. The van der Waals surface area contributed by atoms with Gasteiger partial charge in [-0.25, -0.2) is 0 Å². The predicted molar refractivity (Wildman–Crippen MR) is 192 cm³/mol. The number of para-hydroxylation sites is 1. The number of hydrogen-bond acceptors (Lipinski definition) is 2. The molecule has 9 aromatic rings. The van der Waals surface area contributed by atoms with E-state index in [1.54, 1.807) is 0 Å². The molecule has 0 N–H and O–H groups in total. The van der Waals surface area contributed by atoms with Gasteiger partial charge >= 0.3 is 0 Å². The first-order valence-corrected chi connectivity index (χ1v) is 15.8. The minimum absolute atomic E-state index is 1.13. The van der Waals surface area contributed by atoms with Crippen molar-refractivity contribution in [2.75, 3.05) is 4.90 Å². The Morgan fingerprint density at radius 3 is 1.84 bits per heavy atom. The zero-order valence-corrected chi connectivity index (χ0v) is 24.8. The van der Waals surface area contributed by atoms with E-state index in [4.69, 9.17) is 0 Å². The van der Waals surface area contributed by atoms with E-state index in [0.29, 0.717) is 0 Å². The van der Waals surface area contributed by atoms with E-state index < -0.39 is 0 Å². The van der Waals surface area contributed by atoms with Crippen molar-refractivity contribution < 1.29 is 0 Å². The summed E-state index contributed by atoms with van der Waals surface area (Å²) in [6.07, 6.45) is 0. The normalized spacial score (nSPS) is 11.6. The molecular weight excluding hydrogens is 551 g/mol. The molecule has 44 heavy (non-hydrogen) atoms. The van der Waals surface area contributed by atoms with E-state index in [1.807, 2.05) is 11.3 Å². The Hall–Kier alpha value is -5.44. The van der Waals surface area contributed by atoms with E-state index in [0.717, 1.165) is 17.1 Å². The van der Waals surface area contributed by atoms with Crippen LogP contribution < -0.4 is 4.90 Å². The zero-order chi connectivity index (χ0) is 29.0. The second-order valence-corrected chi connectivity index (χ2v) is 12.5. The van der Waals surface area contributed by atoms with Gasteiger partial charge in [0.2, 0.25) is 0 Å². The predicted octanol–water partition coefficient (Wildman–Crippen LogP) is 12.7. The van der Waals surface area contributed by atoms with Gasteiger partial charge in [0.15, 0.2) is 0 Å². The molecule has 206 valence electrons. The second kappa shape index (κ2) is 10.1. The smallest absolute Gasteiger partial charge is 0.0468 e. The first-order chi connectivity index (χ1) is 21.8. The highest BCUT2D eigenvalue weighted by atomic mass is 32.1. The van der Waals surface area contributed by atoms with Crippen molar-refractivity contribution in [3.05, 3.63) is 164 Å².